The normalized spacial score (nSPS) is 10.2. The minimum Gasteiger partial charge on any atom is -0.296 e. The number of carbonyl (C=O) groups is 1. The number of rotatable bonds is 4. The van der Waals surface area contributed by atoms with Crippen LogP contribution in [0.3, 0.4) is 0 Å². The Kier molecular flexibility index (Phi) is 3.88. The van der Waals surface area contributed by atoms with Crippen LogP contribution in [-0.2, 0) is 0 Å². The molecule has 0 aliphatic carbocycles. The number of carbonyl (C=O) groups excluding carboxylic acids is 1. The standard InChI is InChI=1S/C13H12N2OS/c1-2-17-12-5-3-10(4-6-12)13-7-11(8-16)14-9-15-13/h3-9H,2H2,1H3. The van der Waals surface area contributed by atoms with Crippen LogP contribution in [0.1, 0.15) is 17.4 Å². The molecule has 2 rings (SSSR count). The average molecular weight is 244 g/mol. The van der Waals surface area contributed by atoms with Crippen molar-refractivity contribution in [1.29, 1.82) is 0 Å². The lowest BCUT2D eigenvalue weighted by atomic mass is 10.1. The minimum absolute atomic E-state index is 0.405. The first-order valence-electron chi connectivity index (χ1n) is 5.34. The number of nitrogens with zero attached hydrogens (tertiary/aromatic N) is 2. The topological polar surface area (TPSA) is 42.9 Å². The molecule has 1 aromatic heterocycles. The number of hydrogen-bond donors (Lipinski definition) is 0. The highest BCUT2D eigenvalue weighted by Gasteiger charge is 2.01. The fraction of sp³-hybridized carbons (Fsp3) is 0.154. The molecule has 1 aromatic carbocycles. The summed E-state index contributed by atoms with van der Waals surface area (Å²) in [6, 6.07) is 9.83. The molecule has 0 N–H and O–H groups in total. The van der Waals surface area contributed by atoms with Crippen LogP contribution < -0.4 is 0 Å². The highest BCUT2D eigenvalue weighted by atomic mass is 32.2. The number of aromatic nitrogens is 2. The van der Waals surface area contributed by atoms with Gasteiger partial charge in [-0.3, -0.25) is 4.79 Å². The predicted octanol–water partition coefficient (Wildman–Crippen LogP) is 3.07. The number of hydrogen-bond acceptors (Lipinski definition) is 4. The van der Waals surface area contributed by atoms with Crippen molar-refractivity contribution < 1.29 is 4.79 Å². The summed E-state index contributed by atoms with van der Waals surface area (Å²) in [6.45, 7) is 2.12. The Hall–Kier alpha value is -1.68. The highest BCUT2D eigenvalue weighted by Crippen LogP contribution is 2.22. The Morgan fingerprint density at radius 1 is 1.24 bits per heavy atom. The van der Waals surface area contributed by atoms with E-state index in [1.807, 2.05) is 12.1 Å². The Labute approximate surface area is 104 Å². The summed E-state index contributed by atoms with van der Waals surface area (Å²) in [5, 5.41) is 0. The summed E-state index contributed by atoms with van der Waals surface area (Å²) in [7, 11) is 0. The van der Waals surface area contributed by atoms with Crippen molar-refractivity contribution in [3.63, 3.8) is 0 Å². The van der Waals surface area contributed by atoms with Crippen LogP contribution in [-0.4, -0.2) is 22.0 Å². The van der Waals surface area contributed by atoms with E-state index in [1.165, 1.54) is 11.2 Å². The summed E-state index contributed by atoms with van der Waals surface area (Å²) in [5.74, 6) is 1.06. The molecule has 0 saturated carbocycles. The number of thioether (sulfide) groups is 1. The van der Waals surface area contributed by atoms with E-state index in [-0.39, 0.29) is 0 Å². The molecule has 0 bridgehead atoms. The molecular formula is C13H12N2OS. The van der Waals surface area contributed by atoms with E-state index in [9.17, 15) is 4.79 Å². The zero-order valence-electron chi connectivity index (χ0n) is 9.46. The molecule has 0 fully saturated rings. The molecule has 0 spiro atoms. The van der Waals surface area contributed by atoms with Gasteiger partial charge in [-0.25, -0.2) is 9.97 Å². The van der Waals surface area contributed by atoms with E-state index >= 15 is 0 Å². The molecular weight excluding hydrogens is 232 g/mol. The van der Waals surface area contributed by atoms with E-state index in [1.54, 1.807) is 17.8 Å². The van der Waals surface area contributed by atoms with Gasteiger partial charge in [0.25, 0.3) is 0 Å². The van der Waals surface area contributed by atoms with Crippen LogP contribution in [0.2, 0.25) is 0 Å². The van der Waals surface area contributed by atoms with Gasteiger partial charge >= 0.3 is 0 Å². The van der Waals surface area contributed by atoms with Gasteiger partial charge in [0.15, 0.2) is 6.29 Å². The van der Waals surface area contributed by atoms with Crippen molar-refractivity contribution >= 4 is 18.0 Å². The molecule has 0 atom stereocenters. The average Bonchev–Trinajstić information content (AvgIpc) is 2.40. The largest absolute Gasteiger partial charge is 0.296 e. The summed E-state index contributed by atoms with van der Waals surface area (Å²) < 4.78 is 0. The van der Waals surface area contributed by atoms with E-state index in [0.29, 0.717) is 5.69 Å². The third-order valence-corrected chi connectivity index (χ3v) is 3.16. The fourth-order valence-corrected chi connectivity index (χ4v) is 2.15. The maximum Gasteiger partial charge on any atom is 0.168 e. The Balaban J connectivity index is 2.29. The summed E-state index contributed by atoms with van der Waals surface area (Å²) in [4.78, 5) is 19.9. The molecule has 0 radical (unpaired) electrons. The van der Waals surface area contributed by atoms with Gasteiger partial charge in [0, 0.05) is 10.5 Å². The second-order valence-electron chi connectivity index (χ2n) is 3.40. The third-order valence-electron chi connectivity index (χ3n) is 2.27. The first kappa shape index (κ1) is 11.8. The zero-order chi connectivity index (χ0) is 12.1. The van der Waals surface area contributed by atoms with Crippen molar-refractivity contribution in [2.45, 2.75) is 11.8 Å². The van der Waals surface area contributed by atoms with Crippen molar-refractivity contribution in [2.24, 2.45) is 0 Å². The van der Waals surface area contributed by atoms with Crippen molar-refractivity contribution in [2.75, 3.05) is 5.75 Å². The first-order valence-corrected chi connectivity index (χ1v) is 6.32. The van der Waals surface area contributed by atoms with Gasteiger partial charge in [-0.2, -0.15) is 0 Å². The van der Waals surface area contributed by atoms with Crippen LogP contribution in [0.25, 0.3) is 11.3 Å². The van der Waals surface area contributed by atoms with Gasteiger partial charge in [0.05, 0.1) is 5.69 Å². The fourth-order valence-electron chi connectivity index (χ4n) is 1.48. The summed E-state index contributed by atoms with van der Waals surface area (Å²) >= 11 is 1.80. The van der Waals surface area contributed by atoms with Crippen LogP contribution in [0.4, 0.5) is 0 Å². The summed E-state index contributed by atoms with van der Waals surface area (Å²) in [5.41, 5.74) is 2.17. The van der Waals surface area contributed by atoms with E-state index < -0.39 is 0 Å². The lowest BCUT2D eigenvalue weighted by molar-refractivity contribution is 0.111. The van der Waals surface area contributed by atoms with Crippen LogP contribution in [0, 0.1) is 0 Å². The third kappa shape index (κ3) is 2.91. The number of aldehydes is 1. The molecule has 0 amide bonds. The monoisotopic (exact) mass is 244 g/mol. The smallest absolute Gasteiger partial charge is 0.168 e. The highest BCUT2D eigenvalue weighted by molar-refractivity contribution is 7.99. The Morgan fingerprint density at radius 3 is 2.65 bits per heavy atom. The van der Waals surface area contributed by atoms with Crippen molar-refractivity contribution in [1.82, 2.24) is 9.97 Å². The molecule has 17 heavy (non-hydrogen) atoms. The second-order valence-corrected chi connectivity index (χ2v) is 4.74. The SMILES string of the molecule is CCSc1ccc(-c2cc(C=O)ncn2)cc1. The van der Waals surface area contributed by atoms with Crippen LogP contribution in [0.5, 0.6) is 0 Å². The van der Waals surface area contributed by atoms with Gasteiger partial charge in [-0.15, -0.1) is 11.8 Å². The quantitative estimate of drug-likeness (QED) is 0.612. The lowest BCUT2D eigenvalue weighted by Crippen LogP contribution is -1.90. The molecule has 0 saturated heterocycles. The molecule has 86 valence electrons. The van der Waals surface area contributed by atoms with Crippen LogP contribution in [0.15, 0.2) is 41.6 Å². The Bertz CT molecular complexity index is 511. The molecule has 0 aliphatic heterocycles. The molecule has 0 unspecified atom stereocenters. The molecule has 2 aromatic rings. The first-order chi connectivity index (χ1) is 8.33. The van der Waals surface area contributed by atoms with Gasteiger partial charge in [0.2, 0.25) is 0 Å². The van der Waals surface area contributed by atoms with E-state index in [0.717, 1.165) is 23.3 Å². The zero-order valence-corrected chi connectivity index (χ0v) is 10.3. The molecule has 3 nitrogen and oxygen atoms in total. The summed E-state index contributed by atoms with van der Waals surface area (Å²) in [6.07, 6.45) is 2.14. The van der Waals surface area contributed by atoms with E-state index in [4.69, 9.17) is 0 Å². The van der Waals surface area contributed by atoms with Crippen LogP contribution >= 0.6 is 11.8 Å². The minimum atomic E-state index is 0.405. The van der Waals surface area contributed by atoms with Gasteiger partial charge in [-0.05, 0) is 24.0 Å². The van der Waals surface area contributed by atoms with Crippen molar-refractivity contribution in [3.05, 3.63) is 42.4 Å². The maximum absolute atomic E-state index is 10.6. The molecule has 0 aliphatic rings. The molecule has 4 heteroatoms. The second kappa shape index (κ2) is 5.59. The van der Waals surface area contributed by atoms with Gasteiger partial charge < -0.3 is 0 Å². The lowest BCUT2D eigenvalue weighted by Gasteiger charge is -2.02. The predicted molar refractivity (Wildman–Crippen MR) is 69.3 cm³/mol. The van der Waals surface area contributed by atoms with Gasteiger partial charge in [-0.1, -0.05) is 19.1 Å². The van der Waals surface area contributed by atoms with Gasteiger partial charge in [0.1, 0.15) is 12.0 Å². The van der Waals surface area contributed by atoms with Crippen molar-refractivity contribution in [3.8, 4) is 11.3 Å². The molecule has 1 heterocycles. The van der Waals surface area contributed by atoms with E-state index in [2.05, 4.69) is 29.0 Å². The number of benzene rings is 1. The Morgan fingerprint density at radius 2 is 2.00 bits per heavy atom. The maximum atomic E-state index is 10.6.